The zero-order valence-electron chi connectivity index (χ0n) is 18.6. The molecular weight excluding hydrogens is 424 g/mol. The third kappa shape index (κ3) is 11.8. The first kappa shape index (κ1) is 28.8. The van der Waals surface area contributed by atoms with Crippen molar-refractivity contribution >= 4 is 35.5 Å². The fourth-order valence-electron chi connectivity index (χ4n) is 2.61. The topological polar surface area (TPSA) is 237 Å². The van der Waals surface area contributed by atoms with Crippen LogP contribution >= 0.6 is 0 Å². The summed E-state index contributed by atoms with van der Waals surface area (Å²) in [6.45, 7) is 4.86. The van der Waals surface area contributed by atoms with E-state index in [0.717, 1.165) is 0 Å². The van der Waals surface area contributed by atoms with Crippen LogP contribution in [0.3, 0.4) is 0 Å². The second-order valence-electron chi connectivity index (χ2n) is 7.94. The highest BCUT2D eigenvalue weighted by molar-refractivity contribution is 5.94. The Bertz CT molecular complexity index is 712. The molecule has 0 aliphatic rings. The van der Waals surface area contributed by atoms with Crippen molar-refractivity contribution in [1.29, 1.82) is 0 Å². The maximum Gasteiger partial charge on any atom is 0.325 e. The number of hydrogen-bond donors (Lipinski definition) is 7. The summed E-state index contributed by atoms with van der Waals surface area (Å²) in [6.07, 6.45) is -0.310. The molecule has 0 fully saturated rings. The molecule has 0 saturated carbocycles. The van der Waals surface area contributed by atoms with E-state index in [0.29, 0.717) is 0 Å². The van der Waals surface area contributed by atoms with Gasteiger partial charge in [0.2, 0.25) is 29.5 Å². The zero-order chi connectivity index (χ0) is 25.0. The van der Waals surface area contributed by atoms with Gasteiger partial charge in [0.05, 0.1) is 6.04 Å². The summed E-state index contributed by atoms with van der Waals surface area (Å²) in [5, 5.41) is 16.1. The highest BCUT2D eigenvalue weighted by atomic mass is 16.4. The third-order valence-corrected chi connectivity index (χ3v) is 4.42. The van der Waals surface area contributed by atoms with Crippen LogP contribution in [0, 0.1) is 5.92 Å². The molecule has 10 N–H and O–H groups in total. The van der Waals surface area contributed by atoms with Crippen LogP contribution in [0.15, 0.2) is 0 Å². The van der Waals surface area contributed by atoms with Crippen LogP contribution in [0.25, 0.3) is 0 Å². The number of carbonyl (C=O) groups is 6. The number of carbonyl (C=O) groups excluding carboxylic acids is 5. The van der Waals surface area contributed by atoms with Crippen molar-refractivity contribution in [3.63, 3.8) is 0 Å². The Hall–Kier alpha value is -3.22. The first-order valence-electron chi connectivity index (χ1n) is 10.2. The van der Waals surface area contributed by atoms with Gasteiger partial charge in [-0.1, -0.05) is 13.8 Å². The van der Waals surface area contributed by atoms with Crippen molar-refractivity contribution in [1.82, 2.24) is 16.0 Å². The number of amides is 5. The van der Waals surface area contributed by atoms with E-state index >= 15 is 0 Å². The molecule has 4 atom stereocenters. The van der Waals surface area contributed by atoms with Gasteiger partial charge in [-0.2, -0.15) is 0 Å². The SMILES string of the molecule is CC(C)CC(NC(=O)C(N)CCC(N)=O)C(=O)NC(CCC(N)=O)C(=O)NC(C)C(=O)O. The number of nitrogens with one attached hydrogen (secondary N) is 3. The van der Waals surface area contributed by atoms with E-state index in [4.69, 9.17) is 22.3 Å². The number of nitrogens with two attached hydrogens (primary N) is 3. The van der Waals surface area contributed by atoms with E-state index in [-0.39, 0.29) is 38.0 Å². The minimum absolute atomic E-state index is 0.00605. The molecule has 0 aliphatic carbocycles. The van der Waals surface area contributed by atoms with E-state index in [9.17, 15) is 28.8 Å². The maximum absolute atomic E-state index is 12.8. The Morgan fingerprint density at radius 2 is 1.22 bits per heavy atom. The molecule has 0 aliphatic heterocycles. The van der Waals surface area contributed by atoms with Gasteiger partial charge in [0.15, 0.2) is 0 Å². The zero-order valence-corrected chi connectivity index (χ0v) is 18.6. The van der Waals surface area contributed by atoms with Gasteiger partial charge < -0.3 is 38.3 Å². The average Bonchev–Trinajstić information content (AvgIpc) is 2.67. The number of carboxylic acids is 1. The van der Waals surface area contributed by atoms with Crippen LogP contribution in [0.4, 0.5) is 0 Å². The second-order valence-corrected chi connectivity index (χ2v) is 7.94. The van der Waals surface area contributed by atoms with Crippen molar-refractivity contribution in [3.05, 3.63) is 0 Å². The van der Waals surface area contributed by atoms with Gasteiger partial charge in [0, 0.05) is 12.8 Å². The van der Waals surface area contributed by atoms with Crippen LogP contribution < -0.4 is 33.2 Å². The van der Waals surface area contributed by atoms with Crippen LogP contribution in [-0.4, -0.2) is 64.8 Å². The summed E-state index contributed by atoms with van der Waals surface area (Å²) in [4.78, 5) is 70.6. The lowest BCUT2D eigenvalue weighted by Crippen LogP contribution is -2.57. The summed E-state index contributed by atoms with van der Waals surface area (Å²) in [7, 11) is 0. The van der Waals surface area contributed by atoms with E-state index in [1.165, 1.54) is 6.92 Å². The fourth-order valence-corrected chi connectivity index (χ4v) is 2.61. The normalized spacial score (nSPS) is 14.5. The van der Waals surface area contributed by atoms with Gasteiger partial charge in [0.1, 0.15) is 18.1 Å². The van der Waals surface area contributed by atoms with Gasteiger partial charge in [-0.05, 0) is 32.1 Å². The molecule has 0 aromatic heterocycles. The third-order valence-electron chi connectivity index (χ3n) is 4.42. The molecule has 32 heavy (non-hydrogen) atoms. The van der Waals surface area contributed by atoms with Crippen molar-refractivity contribution in [2.75, 3.05) is 0 Å². The lowest BCUT2D eigenvalue weighted by atomic mass is 10.0. The molecule has 0 aromatic carbocycles. The molecule has 0 heterocycles. The van der Waals surface area contributed by atoms with E-state index in [2.05, 4.69) is 16.0 Å². The quantitative estimate of drug-likeness (QED) is 0.137. The van der Waals surface area contributed by atoms with E-state index in [1.807, 2.05) is 13.8 Å². The summed E-state index contributed by atoms with van der Waals surface area (Å²) in [6, 6.07) is -4.63. The number of rotatable bonds is 15. The van der Waals surface area contributed by atoms with Gasteiger partial charge in [-0.25, -0.2) is 0 Å². The molecule has 182 valence electrons. The number of primary amides is 2. The van der Waals surface area contributed by atoms with Gasteiger partial charge in [-0.3, -0.25) is 28.8 Å². The van der Waals surface area contributed by atoms with Crippen LogP contribution in [0.2, 0.25) is 0 Å². The predicted octanol–water partition coefficient (Wildman–Crippen LogP) is -2.55. The number of aliphatic carboxylic acids is 1. The van der Waals surface area contributed by atoms with Crippen molar-refractivity contribution in [3.8, 4) is 0 Å². The Morgan fingerprint density at radius 3 is 1.69 bits per heavy atom. The molecule has 0 bridgehead atoms. The standard InChI is InChI=1S/C19H34N6O7/c1-9(2)8-13(25-16(28)11(20)4-6-14(21)26)18(30)24-12(5-7-15(22)27)17(29)23-10(3)19(31)32/h9-13H,4-8,20H2,1-3H3,(H2,21,26)(H2,22,27)(H,23,29)(H,24,30)(H,25,28)(H,31,32). The monoisotopic (exact) mass is 458 g/mol. The lowest BCUT2D eigenvalue weighted by Gasteiger charge is -2.25. The molecular formula is C19H34N6O7. The summed E-state index contributed by atoms with van der Waals surface area (Å²) in [5.74, 6) is -4.86. The van der Waals surface area contributed by atoms with Crippen molar-refractivity contribution in [2.45, 2.75) is 77.0 Å². The molecule has 0 radical (unpaired) electrons. The average molecular weight is 459 g/mol. The summed E-state index contributed by atoms with van der Waals surface area (Å²) >= 11 is 0. The molecule has 5 amide bonds. The minimum atomic E-state index is -1.28. The first-order chi connectivity index (χ1) is 14.7. The number of hydrogen-bond acceptors (Lipinski definition) is 7. The van der Waals surface area contributed by atoms with Gasteiger partial charge in [0.25, 0.3) is 0 Å². The summed E-state index contributed by atoms with van der Waals surface area (Å²) < 4.78 is 0. The maximum atomic E-state index is 12.8. The van der Waals surface area contributed by atoms with Crippen molar-refractivity contribution in [2.24, 2.45) is 23.1 Å². The van der Waals surface area contributed by atoms with Crippen molar-refractivity contribution < 1.29 is 33.9 Å². The predicted molar refractivity (Wildman–Crippen MR) is 113 cm³/mol. The van der Waals surface area contributed by atoms with E-state index in [1.54, 1.807) is 0 Å². The Balaban J connectivity index is 5.38. The molecule has 0 spiro atoms. The number of carboxylic acid groups (broad SMARTS) is 1. The highest BCUT2D eigenvalue weighted by Crippen LogP contribution is 2.08. The van der Waals surface area contributed by atoms with Crippen LogP contribution in [-0.2, 0) is 28.8 Å². The van der Waals surface area contributed by atoms with Crippen LogP contribution in [0.1, 0.15) is 52.9 Å². The van der Waals surface area contributed by atoms with Crippen LogP contribution in [0.5, 0.6) is 0 Å². The molecule has 0 saturated heterocycles. The fraction of sp³-hybridized carbons (Fsp3) is 0.684. The largest absolute Gasteiger partial charge is 0.480 e. The highest BCUT2D eigenvalue weighted by Gasteiger charge is 2.30. The Kier molecular flexibility index (Phi) is 12.6. The lowest BCUT2D eigenvalue weighted by molar-refractivity contribution is -0.142. The van der Waals surface area contributed by atoms with Gasteiger partial charge in [-0.15, -0.1) is 0 Å². The Morgan fingerprint density at radius 1 is 0.750 bits per heavy atom. The Labute approximate surface area is 186 Å². The second kappa shape index (κ2) is 14.0. The molecule has 4 unspecified atom stereocenters. The van der Waals surface area contributed by atoms with Gasteiger partial charge >= 0.3 is 5.97 Å². The first-order valence-corrected chi connectivity index (χ1v) is 10.2. The molecule has 0 aromatic rings. The summed E-state index contributed by atoms with van der Waals surface area (Å²) in [5.41, 5.74) is 15.9. The smallest absolute Gasteiger partial charge is 0.325 e. The minimum Gasteiger partial charge on any atom is -0.480 e. The molecule has 13 nitrogen and oxygen atoms in total. The molecule has 0 rings (SSSR count). The van der Waals surface area contributed by atoms with E-state index < -0.39 is 59.7 Å². The molecule has 13 heteroatoms.